The number of halogens is 1. The molecule has 2 aliphatic carbocycles. The van der Waals surface area contributed by atoms with Crippen LogP contribution in [0.15, 0.2) is 24.3 Å². The number of benzene rings is 1. The molecule has 4 nitrogen and oxygen atoms in total. The van der Waals surface area contributed by atoms with E-state index in [2.05, 4.69) is 5.32 Å². The van der Waals surface area contributed by atoms with Gasteiger partial charge in [0.25, 0.3) is 5.91 Å². The molecule has 0 spiro atoms. The van der Waals surface area contributed by atoms with Gasteiger partial charge in [0.05, 0.1) is 6.61 Å². The number of methoxy groups -OCH3 is 1. The van der Waals surface area contributed by atoms with Crippen LogP contribution in [-0.2, 0) is 11.3 Å². The largest absolute Gasteiger partial charge is 0.380 e. The molecule has 1 aromatic carbocycles. The third kappa shape index (κ3) is 4.25. The van der Waals surface area contributed by atoms with Gasteiger partial charge in [-0.25, -0.2) is 0 Å². The Bertz CT molecular complexity index is 506. The summed E-state index contributed by atoms with van der Waals surface area (Å²) in [5, 5.41) is 3.28. The standard InChI is InChI=1S/C18H26N2O2.ClH/c1-22-11-12-5-7-13(8-6-12)18(21)20-17-14-3-2-4-15(17)10-16(19)9-14;/h5-8,14-17H,2-4,9-11,19H2,1H3,(H,20,21);1H. The van der Waals surface area contributed by atoms with Crippen LogP contribution in [-0.4, -0.2) is 25.1 Å². The first-order valence-corrected chi connectivity index (χ1v) is 8.31. The predicted octanol–water partition coefficient (Wildman–Crippen LogP) is 2.89. The monoisotopic (exact) mass is 338 g/mol. The maximum absolute atomic E-state index is 12.5. The lowest BCUT2D eigenvalue weighted by Gasteiger charge is -2.45. The first kappa shape index (κ1) is 18.2. The van der Waals surface area contributed by atoms with Gasteiger partial charge in [0, 0.05) is 24.8 Å². The van der Waals surface area contributed by atoms with E-state index < -0.39 is 0 Å². The number of fused-ring (bicyclic) bond motifs is 2. The number of nitrogens with two attached hydrogens (primary N) is 1. The Morgan fingerprint density at radius 2 is 1.83 bits per heavy atom. The molecule has 23 heavy (non-hydrogen) atoms. The van der Waals surface area contributed by atoms with E-state index >= 15 is 0 Å². The number of rotatable bonds is 4. The predicted molar refractivity (Wildman–Crippen MR) is 93.7 cm³/mol. The van der Waals surface area contributed by atoms with Gasteiger partial charge >= 0.3 is 0 Å². The fourth-order valence-electron chi connectivity index (χ4n) is 4.18. The molecule has 2 atom stereocenters. The van der Waals surface area contributed by atoms with Crippen LogP contribution in [0.2, 0.25) is 0 Å². The number of hydrogen-bond donors (Lipinski definition) is 2. The molecule has 1 amide bonds. The zero-order chi connectivity index (χ0) is 15.5. The number of nitrogens with one attached hydrogen (secondary N) is 1. The highest BCUT2D eigenvalue weighted by atomic mass is 35.5. The van der Waals surface area contributed by atoms with Crippen molar-refractivity contribution >= 4 is 18.3 Å². The summed E-state index contributed by atoms with van der Waals surface area (Å²) < 4.78 is 5.10. The highest BCUT2D eigenvalue weighted by molar-refractivity contribution is 5.94. The van der Waals surface area contributed by atoms with Crippen LogP contribution >= 0.6 is 12.4 Å². The average molecular weight is 339 g/mol. The van der Waals surface area contributed by atoms with E-state index in [1.54, 1.807) is 7.11 Å². The van der Waals surface area contributed by atoms with E-state index in [9.17, 15) is 4.79 Å². The number of hydrogen-bond acceptors (Lipinski definition) is 3. The Balaban J connectivity index is 0.00000192. The van der Waals surface area contributed by atoms with Gasteiger partial charge in [0.1, 0.15) is 0 Å². The molecule has 0 radical (unpaired) electrons. The Hall–Kier alpha value is -1.10. The van der Waals surface area contributed by atoms with Crippen molar-refractivity contribution in [3.05, 3.63) is 35.4 Å². The lowest BCUT2D eigenvalue weighted by molar-refractivity contribution is 0.0756. The minimum absolute atomic E-state index is 0. The molecule has 1 aromatic rings. The van der Waals surface area contributed by atoms with Gasteiger partial charge in [0.15, 0.2) is 0 Å². The lowest BCUT2D eigenvalue weighted by atomic mass is 9.67. The maximum Gasteiger partial charge on any atom is 0.251 e. The molecule has 0 aromatic heterocycles. The fraction of sp³-hybridized carbons (Fsp3) is 0.611. The van der Waals surface area contributed by atoms with Crippen LogP contribution < -0.4 is 11.1 Å². The number of carbonyl (C=O) groups excluding carboxylic acids is 1. The third-order valence-electron chi connectivity index (χ3n) is 5.20. The highest BCUT2D eigenvalue weighted by Crippen LogP contribution is 2.39. The van der Waals surface area contributed by atoms with E-state index in [-0.39, 0.29) is 18.3 Å². The second kappa shape index (κ2) is 8.13. The molecule has 2 fully saturated rings. The van der Waals surface area contributed by atoms with Gasteiger partial charge in [0.2, 0.25) is 0 Å². The summed E-state index contributed by atoms with van der Waals surface area (Å²) in [5.41, 5.74) is 7.96. The van der Waals surface area contributed by atoms with Gasteiger partial charge in [-0.3, -0.25) is 4.79 Å². The lowest BCUT2D eigenvalue weighted by Crippen LogP contribution is -2.53. The van der Waals surface area contributed by atoms with Gasteiger partial charge in [-0.05, 0) is 55.2 Å². The molecule has 2 aliphatic rings. The Kier molecular flexibility index (Phi) is 6.45. The molecule has 3 N–H and O–H groups in total. The van der Waals surface area contributed by atoms with E-state index in [1.165, 1.54) is 19.3 Å². The zero-order valence-electron chi connectivity index (χ0n) is 13.7. The van der Waals surface area contributed by atoms with Crippen molar-refractivity contribution in [3.63, 3.8) is 0 Å². The van der Waals surface area contributed by atoms with Crippen molar-refractivity contribution in [1.29, 1.82) is 0 Å². The highest BCUT2D eigenvalue weighted by Gasteiger charge is 2.39. The van der Waals surface area contributed by atoms with E-state index in [0.29, 0.717) is 30.5 Å². The molecule has 0 heterocycles. The van der Waals surface area contributed by atoms with Gasteiger partial charge in [-0.2, -0.15) is 0 Å². The van der Waals surface area contributed by atoms with Crippen molar-refractivity contribution in [1.82, 2.24) is 5.32 Å². The molecule has 2 unspecified atom stereocenters. The quantitative estimate of drug-likeness (QED) is 0.887. The summed E-state index contributed by atoms with van der Waals surface area (Å²) in [6.45, 7) is 0.576. The topological polar surface area (TPSA) is 64.3 Å². The first-order valence-electron chi connectivity index (χ1n) is 8.31. The van der Waals surface area contributed by atoms with Crippen LogP contribution in [0.5, 0.6) is 0 Å². The third-order valence-corrected chi connectivity index (χ3v) is 5.20. The molecule has 5 heteroatoms. The van der Waals surface area contributed by atoms with Crippen molar-refractivity contribution < 1.29 is 9.53 Å². The summed E-state index contributed by atoms with van der Waals surface area (Å²) >= 11 is 0. The summed E-state index contributed by atoms with van der Waals surface area (Å²) in [5.74, 6) is 1.15. The molecular weight excluding hydrogens is 312 g/mol. The van der Waals surface area contributed by atoms with Crippen molar-refractivity contribution in [2.24, 2.45) is 17.6 Å². The number of amides is 1. The number of carbonyl (C=O) groups is 1. The van der Waals surface area contributed by atoms with Crippen LogP contribution in [0.25, 0.3) is 0 Å². The normalized spacial score (nSPS) is 29.5. The van der Waals surface area contributed by atoms with Crippen molar-refractivity contribution in [2.45, 2.75) is 50.8 Å². The van der Waals surface area contributed by atoms with Crippen molar-refractivity contribution in [3.8, 4) is 0 Å². The first-order chi connectivity index (χ1) is 10.7. The van der Waals surface area contributed by atoms with E-state index in [0.717, 1.165) is 24.0 Å². The van der Waals surface area contributed by atoms with Gasteiger partial charge < -0.3 is 15.8 Å². The van der Waals surface area contributed by atoms with Crippen LogP contribution in [0.1, 0.15) is 48.0 Å². The molecule has 128 valence electrons. The molecule has 2 saturated carbocycles. The second-order valence-corrected chi connectivity index (χ2v) is 6.81. The van der Waals surface area contributed by atoms with Gasteiger partial charge in [-0.1, -0.05) is 18.6 Å². The minimum atomic E-state index is 0. The van der Waals surface area contributed by atoms with Crippen LogP contribution in [0.4, 0.5) is 0 Å². The Morgan fingerprint density at radius 1 is 1.22 bits per heavy atom. The molecular formula is C18H27ClN2O2. The Labute approximate surface area is 144 Å². The molecule has 3 rings (SSSR count). The summed E-state index contributed by atoms with van der Waals surface area (Å²) in [6.07, 6.45) is 5.77. The van der Waals surface area contributed by atoms with E-state index in [4.69, 9.17) is 10.5 Å². The molecule has 0 saturated heterocycles. The van der Waals surface area contributed by atoms with E-state index in [1.807, 2.05) is 24.3 Å². The second-order valence-electron chi connectivity index (χ2n) is 6.81. The minimum Gasteiger partial charge on any atom is -0.380 e. The summed E-state index contributed by atoms with van der Waals surface area (Å²) in [4.78, 5) is 12.5. The van der Waals surface area contributed by atoms with Gasteiger partial charge in [-0.15, -0.1) is 12.4 Å². The van der Waals surface area contributed by atoms with Crippen molar-refractivity contribution in [2.75, 3.05) is 7.11 Å². The zero-order valence-corrected chi connectivity index (χ0v) is 14.5. The molecule has 0 aliphatic heterocycles. The summed E-state index contributed by atoms with van der Waals surface area (Å²) in [6, 6.07) is 8.30. The SMILES string of the molecule is COCc1ccc(C(=O)NC2C3CCCC2CC(N)C3)cc1.Cl. The number of ether oxygens (including phenoxy) is 1. The Morgan fingerprint density at radius 3 is 2.39 bits per heavy atom. The van der Waals surface area contributed by atoms with Crippen LogP contribution in [0, 0.1) is 11.8 Å². The summed E-state index contributed by atoms with van der Waals surface area (Å²) in [7, 11) is 1.67. The molecule has 2 bridgehead atoms. The maximum atomic E-state index is 12.5. The fourth-order valence-corrected chi connectivity index (χ4v) is 4.18. The van der Waals surface area contributed by atoms with Crippen LogP contribution in [0.3, 0.4) is 0 Å². The average Bonchev–Trinajstić information content (AvgIpc) is 2.49. The smallest absolute Gasteiger partial charge is 0.251 e.